The number of para-hydroxylation sites is 2. The van der Waals surface area contributed by atoms with Gasteiger partial charge in [-0.3, -0.25) is 0 Å². The van der Waals surface area contributed by atoms with E-state index in [1.54, 1.807) is 13.3 Å². The van der Waals surface area contributed by atoms with Gasteiger partial charge in [-0.15, -0.1) is 0 Å². The largest absolute Gasteiger partial charge is 0.495 e. The molecule has 0 aliphatic carbocycles. The summed E-state index contributed by atoms with van der Waals surface area (Å²) in [5, 5.41) is 3.24. The Balaban J connectivity index is 2.24. The van der Waals surface area contributed by atoms with Crippen LogP contribution in [-0.4, -0.2) is 12.1 Å². The minimum atomic E-state index is 0.602. The third kappa shape index (κ3) is 2.64. The predicted molar refractivity (Wildman–Crippen MR) is 68.3 cm³/mol. The molecule has 0 bridgehead atoms. The van der Waals surface area contributed by atoms with Gasteiger partial charge >= 0.3 is 0 Å². The van der Waals surface area contributed by atoms with E-state index in [4.69, 9.17) is 10.6 Å². The summed E-state index contributed by atoms with van der Waals surface area (Å²) in [5.41, 5.74) is 4.28. The predicted octanol–water partition coefficient (Wildman–Crippen LogP) is 2.12. The minimum absolute atomic E-state index is 0.602. The van der Waals surface area contributed by atoms with E-state index in [1.165, 1.54) is 0 Å². The molecule has 0 fully saturated rings. The fourth-order valence-corrected chi connectivity index (χ4v) is 1.49. The Morgan fingerprint density at radius 1 is 1.24 bits per heavy atom. The van der Waals surface area contributed by atoms with Crippen molar-refractivity contribution in [2.75, 3.05) is 17.9 Å². The van der Waals surface area contributed by atoms with Crippen molar-refractivity contribution >= 4 is 17.2 Å². The van der Waals surface area contributed by atoms with Crippen molar-refractivity contribution in [3.8, 4) is 5.75 Å². The fourth-order valence-electron chi connectivity index (χ4n) is 1.49. The van der Waals surface area contributed by atoms with Crippen LogP contribution < -0.4 is 21.3 Å². The summed E-state index contributed by atoms with van der Waals surface area (Å²) in [4.78, 5) is 4.03. The van der Waals surface area contributed by atoms with Crippen LogP contribution in [0.1, 0.15) is 0 Å². The highest BCUT2D eigenvalue weighted by molar-refractivity contribution is 5.67. The van der Waals surface area contributed by atoms with Gasteiger partial charge in [0.2, 0.25) is 0 Å². The number of hydrogen-bond acceptors (Lipinski definition) is 5. The van der Waals surface area contributed by atoms with Crippen LogP contribution in [0.15, 0.2) is 42.6 Å². The molecule has 0 unspecified atom stereocenters. The zero-order chi connectivity index (χ0) is 12.1. The van der Waals surface area contributed by atoms with Gasteiger partial charge in [0.15, 0.2) is 0 Å². The first-order valence-corrected chi connectivity index (χ1v) is 5.16. The van der Waals surface area contributed by atoms with Crippen LogP contribution in [0.25, 0.3) is 0 Å². The molecule has 2 aromatic rings. The van der Waals surface area contributed by atoms with Crippen LogP contribution >= 0.6 is 0 Å². The van der Waals surface area contributed by atoms with Crippen molar-refractivity contribution in [3.05, 3.63) is 42.6 Å². The Hall–Kier alpha value is -2.27. The number of pyridine rings is 1. The molecule has 5 nitrogen and oxygen atoms in total. The van der Waals surface area contributed by atoms with Gasteiger partial charge < -0.3 is 15.5 Å². The molecule has 1 aromatic carbocycles. The molecule has 5 heteroatoms. The lowest BCUT2D eigenvalue weighted by Crippen LogP contribution is -2.08. The number of methoxy groups -OCH3 is 1. The average Bonchev–Trinajstić information content (AvgIpc) is 2.39. The molecule has 88 valence electrons. The van der Waals surface area contributed by atoms with E-state index < -0.39 is 0 Å². The molecule has 0 spiro atoms. The second kappa shape index (κ2) is 5.18. The molecule has 0 saturated carbocycles. The van der Waals surface area contributed by atoms with E-state index in [2.05, 4.69) is 15.7 Å². The van der Waals surface area contributed by atoms with E-state index in [0.717, 1.165) is 17.1 Å². The molecule has 0 atom stereocenters. The maximum absolute atomic E-state index is 5.30. The number of hydrazine groups is 1. The lowest BCUT2D eigenvalue weighted by atomic mass is 10.2. The Bertz CT molecular complexity index is 501. The number of nitrogens with zero attached hydrogens (tertiary/aromatic N) is 1. The van der Waals surface area contributed by atoms with Crippen molar-refractivity contribution in [2.24, 2.45) is 5.84 Å². The lowest BCUT2D eigenvalue weighted by molar-refractivity contribution is 0.417. The van der Waals surface area contributed by atoms with Crippen molar-refractivity contribution in [1.29, 1.82) is 0 Å². The smallest absolute Gasteiger partial charge is 0.142 e. The number of hydrogen-bond donors (Lipinski definition) is 3. The molecular weight excluding hydrogens is 216 g/mol. The Kier molecular flexibility index (Phi) is 3.42. The van der Waals surface area contributed by atoms with Gasteiger partial charge in [0.25, 0.3) is 0 Å². The maximum atomic E-state index is 5.30. The Morgan fingerprint density at radius 2 is 2.06 bits per heavy atom. The fraction of sp³-hybridized carbons (Fsp3) is 0.0833. The van der Waals surface area contributed by atoms with E-state index in [0.29, 0.717) is 5.82 Å². The van der Waals surface area contributed by atoms with Crippen LogP contribution in [0.3, 0.4) is 0 Å². The molecule has 0 aliphatic heterocycles. The quantitative estimate of drug-likeness (QED) is 0.554. The van der Waals surface area contributed by atoms with Gasteiger partial charge in [-0.1, -0.05) is 12.1 Å². The minimum Gasteiger partial charge on any atom is -0.495 e. The number of anilines is 3. The molecule has 17 heavy (non-hydrogen) atoms. The normalized spacial score (nSPS) is 9.76. The SMILES string of the molecule is COc1ccccc1Nc1ccnc(NN)c1. The molecular formula is C12H14N4O. The zero-order valence-electron chi connectivity index (χ0n) is 9.47. The number of rotatable bonds is 4. The molecule has 4 N–H and O–H groups in total. The van der Waals surface area contributed by atoms with E-state index in [1.807, 2.05) is 36.4 Å². The van der Waals surface area contributed by atoms with E-state index >= 15 is 0 Å². The summed E-state index contributed by atoms with van der Waals surface area (Å²) in [5.74, 6) is 6.69. The number of aromatic nitrogens is 1. The summed E-state index contributed by atoms with van der Waals surface area (Å²) < 4.78 is 5.26. The Morgan fingerprint density at radius 3 is 2.82 bits per heavy atom. The first kappa shape index (κ1) is 11.2. The number of benzene rings is 1. The van der Waals surface area contributed by atoms with Crippen molar-refractivity contribution in [3.63, 3.8) is 0 Å². The highest BCUT2D eigenvalue weighted by atomic mass is 16.5. The molecule has 1 aromatic heterocycles. The standard InChI is InChI=1S/C12H14N4O/c1-17-11-5-3-2-4-10(11)15-9-6-7-14-12(8-9)16-13/h2-8H,13H2,1H3,(H2,14,15,16). The van der Waals surface area contributed by atoms with Gasteiger partial charge in [-0.05, 0) is 18.2 Å². The van der Waals surface area contributed by atoms with Crippen molar-refractivity contribution < 1.29 is 4.74 Å². The highest BCUT2D eigenvalue weighted by Gasteiger charge is 2.02. The second-order valence-electron chi connectivity index (χ2n) is 3.40. The first-order valence-electron chi connectivity index (χ1n) is 5.16. The van der Waals surface area contributed by atoms with Crippen LogP contribution in [0.5, 0.6) is 5.75 Å². The average molecular weight is 230 g/mol. The third-order valence-electron chi connectivity index (χ3n) is 2.29. The van der Waals surface area contributed by atoms with E-state index in [9.17, 15) is 0 Å². The monoisotopic (exact) mass is 230 g/mol. The van der Waals surface area contributed by atoms with Crippen LogP contribution in [-0.2, 0) is 0 Å². The Labute approximate surface area is 99.6 Å². The topological polar surface area (TPSA) is 72.2 Å². The van der Waals surface area contributed by atoms with Crippen molar-refractivity contribution in [2.45, 2.75) is 0 Å². The molecule has 0 saturated heterocycles. The molecule has 2 rings (SSSR count). The summed E-state index contributed by atoms with van der Waals surface area (Å²) in [6, 6.07) is 11.4. The van der Waals surface area contributed by atoms with Gasteiger partial charge in [0, 0.05) is 18.0 Å². The molecule has 0 aliphatic rings. The van der Waals surface area contributed by atoms with E-state index in [-0.39, 0.29) is 0 Å². The van der Waals surface area contributed by atoms with Gasteiger partial charge in [0.1, 0.15) is 11.6 Å². The maximum Gasteiger partial charge on any atom is 0.142 e. The molecule has 1 heterocycles. The lowest BCUT2D eigenvalue weighted by Gasteiger charge is -2.11. The second-order valence-corrected chi connectivity index (χ2v) is 3.40. The molecule has 0 radical (unpaired) electrons. The van der Waals surface area contributed by atoms with Crippen LogP contribution in [0, 0.1) is 0 Å². The summed E-state index contributed by atoms with van der Waals surface area (Å²) in [7, 11) is 1.64. The highest BCUT2D eigenvalue weighted by Crippen LogP contribution is 2.27. The molecule has 0 amide bonds. The number of nitrogens with one attached hydrogen (secondary N) is 2. The van der Waals surface area contributed by atoms with Gasteiger partial charge in [-0.25, -0.2) is 10.8 Å². The summed E-state index contributed by atoms with van der Waals surface area (Å²) in [6.07, 6.45) is 1.67. The number of nitrogens with two attached hydrogens (primary N) is 1. The van der Waals surface area contributed by atoms with Gasteiger partial charge in [0.05, 0.1) is 12.8 Å². The zero-order valence-corrected chi connectivity index (χ0v) is 9.47. The number of ether oxygens (including phenoxy) is 1. The summed E-state index contributed by atoms with van der Waals surface area (Å²) in [6.45, 7) is 0. The van der Waals surface area contributed by atoms with Gasteiger partial charge in [-0.2, -0.15) is 0 Å². The third-order valence-corrected chi connectivity index (χ3v) is 2.29. The van der Waals surface area contributed by atoms with Crippen LogP contribution in [0.2, 0.25) is 0 Å². The first-order chi connectivity index (χ1) is 8.33. The summed E-state index contributed by atoms with van der Waals surface area (Å²) >= 11 is 0. The van der Waals surface area contributed by atoms with Crippen LogP contribution in [0.4, 0.5) is 17.2 Å². The number of nitrogen functional groups attached to an aromatic ring is 1. The van der Waals surface area contributed by atoms with Crippen molar-refractivity contribution in [1.82, 2.24) is 4.98 Å².